The third kappa shape index (κ3) is 2.73. The first-order valence-corrected chi connectivity index (χ1v) is 8.73. The van der Waals surface area contributed by atoms with Crippen LogP contribution in [0.4, 0.5) is 0 Å². The Morgan fingerprint density at radius 3 is 2.67 bits per heavy atom. The summed E-state index contributed by atoms with van der Waals surface area (Å²) < 4.78 is 1.33. The Labute approximate surface area is 143 Å². The molecule has 0 fully saturated rings. The van der Waals surface area contributed by atoms with E-state index in [1.54, 1.807) is 0 Å². The van der Waals surface area contributed by atoms with Crippen LogP contribution in [0.15, 0.2) is 40.5 Å². The van der Waals surface area contributed by atoms with Crippen molar-refractivity contribution in [2.75, 3.05) is 0 Å². The molecule has 6 heteroatoms. The lowest BCUT2D eigenvalue weighted by Crippen LogP contribution is -2.31. The number of aryl methyl sites for hydroxylation is 1. The number of rotatable bonds is 5. The normalized spacial score (nSPS) is 12.4. The second-order valence-corrected chi connectivity index (χ2v) is 6.52. The van der Waals surface area contributed by atoms with Gasteiger partial charge in [-0.3, -0.25) is 9.36 Å². The molecule has 1 atom stereocenters. The number of carbonyl (C=O) groups is 1. The van der Waals surface area contributed by atoms with Crippen LogP contribution < -0.4 is 5.56 Å². The molecule has 0 saturated carbocycles. The summed E-state index contributed by atoms with van der Waals surface area (Å²) in [4.78, 5) is 29.8. The Morgan fingerprint density at radius 1 is 1.33 bits per heavy atom. The summed E-state index contributed by atoms with van der Waals surface area (Å²) in [7, 11) is 0. The highest BCUT2D eigenvalue weighted by atomic mass is 32.1. The Hall–Kier alpha value is -2.47. The second-order valence-electron chi connectivity index (χ2n) is 5.66. The van der Waals surface area contributed by atoms with Gasteiger partial charge in [0.2, 0.25) is 0 Å². The monoisotopic (exact) mass is 342 g/mol. The first-order chi connectivity index (χ1) is 11.5. The summed E-state index contributed by atoms with van der Waals surface area (Å²) in [5.41, 5.74) is 1.46. The van der Waals surface area contributed by atoms with Crippen molar-refractivity contribution in [1.29, 1.82) is 0 Å². The van der Waals surface area contributed by atoms with Gasteiger partial charge < -0.3 is 5.11 Å². The molecular formula is C18H18N2O3S. The summed E-state index contributed by atoms with van der Waals surface area (Å²) in [6.07, 6.45) is 1.36. The fourth-order valence-corrected chi connectivity index (χ4v) is 3.74. The second kappa shape index (κ2) is 6.57. The van der Waals surface area contributed by atoms with E-state index in [1.165, 1.54) is 22.8 Å². The fourth-order valence-electron chi connectivity index (χ4n) is 2.79. The summed E-state index contributed by atoms with van der Waals surface area (Å²) in [6, 6.07) is 8.67. The first kappa shape index (κ1) is 16.4. The Balaban J connectivity index is 2.33. The van der Waals surface area contributed by atoms with Crippen LogP contribution in [0.25, 0.3) is 21.3 Å². The first-order valence-electron chi connectivity index (χ1n) is 7.85. The molecule has 2 heterocycles. The molecule has 0 aliphatic carbocycles. The predicted molar refractivity (Wildman–Crippen MR) is 95.7 cm³/mol. The van der Waals surface area contributed by atoms with Crippen molar-refractivity contribution < 1.29 is 9.90 Å². The van der Waals surface area contributed by atoms with E-state index in [9.17, 15) is 14.7 Å². The number of hydrogen-bond donors (Lipinski definition) is 1. The van der Waals surface area contributed by atoms with E-state index in [0.717, 1.165) is 17.5 Å². The molecule has 2 aromatic heterocycles. The highest BCUT2D eigenvalue weighted by molar-refractivity contribution is 7.17. The molecule has 1 unspecified atom stereocenters. The van der Waals surface area contributed by atoms with Gasteiger partial charge in [0, 0.05) is 17.4 Å². The quantitative estimate of drug-likeness (QED) is 0.767. The summed E-state index contributed by atoms with van der Waals surface area (Å²) >= 11 is 1.42. The maximum atomic E-state index is 13.1. The van der Waals surface area contributed by atoms with Crippen molar-refractivity contribution in [3.63, 3.8) is 0 Å². The Morgan fingerprint density at radius 2 is 2.04 bits per heavy atom. The number of carboxylic acids is 1. The van der Waals surface area contributed by atoms with Gasteiger partial charge in [0.05, 0.1) is 5.39 Å². The van der Waals surface area contributed by atoms with E-state index in [-0.39, 0.29) is 5.56 Å². The van der Waals surface area contributed by atoms with Crippen molar-refractivity contribution in [2.24, 2.45) is 0 Å². The maximum Gasteiger partial charge on any atom is 0.326 e. The molecule has 24 heavy (non-hydrogen) atoms. The van der Waals surface area contributed by atoms with Gasteiger partial charge in [-0.15, -0.1) is 11.3 Å². The Bertz CT molecular complexity index is 944. The number of nitrogens with zero attached hydrogens (tertiary/aromatic N) is 2. The average Bonchev–Trinajstić information content (AvgIpc) is 3.00. The lowest BCUT2D eigenvalue weighted by molar-refractivity contribution is -0.140. The average molecular weight is 342 g/mol. The minimum absolute atomic E-state index is 0.279. The van der Waals surface area contributed by atoms with Crippen LogP contribution in [-0.2, 0) is 11.2 Å². The van der Waals surface area contributed by atoms with Crippen molar-refractivity contribution in [1.82, 2.24) is 9.55 Å². The van der Waals surface area contributed by atoms with Gasteiger partial charge in [0.1, 0.15) is 16.7 Å². The van der Waals surface area contributed by atoms with E-state index in [4.69, 9.17) is 0 Å². The minimum Gasteiger partial charge on any atom is -0.480 e. The van der Waals surface area contributed by atoms with Crippen LogP contribution in [0.5, 0.6) is 0 Å². The van der Waals surface area contributed by atoms with Crippen LogP contribution in [0.2, 0.25) is 0 Å². The predicted octanol–water partition coefficient (Wildman–Crippen LogP) is 3.72. The zero-order valence-corrected chi connectivity index (χ0v) is 14.3. The number of aliphatic carboxylic acids is 1. The number of carboxylic acid groups (broad SMARTS) is 1. The Kier molecular flexibility index (Phi) is 4.49. The van der Waals surface area contributed by atoms with Gasteiger partial charge in [0.15, 0.2) is 0 Å². The molecule has 0 radical (unpaired) electrons. The van der Waals surface area contributed by atoms with Crippen molar-refractivity contribution in [3.05, 3.63) is 51.9 Å². The SMILES string of the molecule is CCCc1nc2scc(-c3ccccc3)c2c(=O)n1C(C)C(=O)O. The number of benzene rings is 1. The lowest BCUT2D eigenvalue weighted by Gasteiger charge is -2.16. The highest BCUT2D eigenvalue weighted by Gasteiger charge is 2.23. The summed E-state index contributed by atoms with van der Waals surface area (Å²) in [5.74, 6) is -0.501. The largest absolute Gasteiger partial charge is 0.480 e. The molecule has 0 amide bonds. The van der Waals surface area contributed by atoms with Crippen LogP contribution in [0, 0.1) is 0 Å². The van der Waals surface area contributed by atoms with Gasteiger partial charge in [-0.25, -0.2) is 9.78 Å². The molecule has 1 aromatic carbocycles. The molecule has 3 aromatic rings. The van der Waals surface area contributed by atoms with Crippen LogP contribution in [0.3, 0.4) is 0 Å². The van der Waals surface area contributed by atoms with Gasteiger partial charge in [-0.05, 0) is 18.9 Å². The third-order valence-electron chi connectivity index (χ3n) is 4.02. The molecule has 3 rings (SSSR count). The lowest BCUT2D eigenvalue weighted by atomic mass is 10.1. The van der Waals surface area contributed by atoms with E-state index in [2.05, 4.69) is 4.98 Å². The molecule has 0 saturated heterocycles. The summed E-state index contributed by atoms with van der Waals surface area (Å²) in [5, 5.41) is 11.8. The van der Waals surface area contributed by atoms with E-state index in [0.29, 0.717) is 22.5 Å². The van der Waals surface area contributed by atoms with Crippen LogP contribution >= 0.6 is 11.3 Å². The topological polar surface area (TPSA) is 72.2 Å². The van der Waals surface area contributed by atoms with Gasteiger partial charge in [0.25, 0.3) is 5.56 Å². The van der Waals surface area contributed by atoms with Crippen LogP contribution in [-0.4, -0.2) is 20.6 Å². The van der Waals surface area contributed by atoms with E-state index >= 15 is 0 Å². The number of thiophene rings is 1. The zero-order chi connectivity index (χ0) is 17.3. The smallest absolute Gasteiger partial charge is 0.326 e. The molecule has 5 nitrogen and oxygen atoms in total. The fraction of sp³-hybridized carbons (Fsp3) is 0.278. The minimum atomic E-state index is -1.04. The maximum absolute atomic E-state index is 13.1. The standard InChI is InChI=1S/C18H18N2O3S/c1-3-7-14-19-16-15(17(21)20(14)11(2)18(22)23)13(10-24-16)12-8-5-4-6-9-12/h4-6,8-11H,3,7H2,1-2H3,(H,22,23). The van der Waals surface area contributed by atoms with Crippen molar-refractivity contribution in [2.45, 2.75) is 32.7 Å². The third-order valence-corrected chi connectivity index (χ3v) is 4.89. The van der Waals surface area contributed by atoms with Gasteiger partial charge in [-0.1, -0.05) is 37.3 Å². The highest BCUT2D eigenvalue weighted by Crippen LogP contribution is 2.31. The molecular weight excluding hydrogens is 324 g/mol. The van der Waals surface area contributed by atoms with Crippen molar-refractivity contribution in [3.8, 4) is 11.1 Å². The zero-order valence-electron chi connectivity index (χ0n) is 13.5. The molecule has 0 spiro atoms. The molecule has 0 aliphatic heterocycles. The van der Waals surface area contributed by atoms with Crippen molar-refractivity contribution >= 4 is 27.5 Å². The van der Waals surface area contributed by atoms with Crippen LogP contribution in [0.1, 0.15) is 32.1 Å². The number of hydrogen-bond acceptors (Lipinski definition) is 4. The van der Waals surface area contributed by atoms with E-state index < -0.39 is 12.0 Å². The van der Waals surface area contributed by atoms with Gasteiger partial charge in [-0.2, -0.15) is 0 Å². The number of fused-ring (bicyclic) bond motifs is 1. The molecule has 124 valence electrons. The number of aromatic nitrogens is 2. The molecule has 1 N–H and O–H groups in total. The molecule has 0 bridgehead atoms. The van der Waals surface area contributed by atoms with E-state index in [1.807, 2.05) is 42.6 Å². The van der Waals surface area contributed by atoms with Gasteiger partial charge >= 0.3 is 5.97 Å². The molecule has 0 aliphatic rings. The summed E-state index contributed by atoms with van der Waals surface area (Å²) in [6.45, 7) is 3.50.